The summed E-state index contributed by atoms with van der Waals surface area (Å²) in [6.45, 7) is 0.815. The maximum absolute atomic E-state index is 12.0. The molecule has 1 aliphatic carbocycles. The molecule has 2 nitrogen and oxygen atoms in total. The van der Waals surface area contributed by atoms with Gasteiger partial charge in [-0.15, -0.1) is 0 Å². The van der Waals surface area contributed by atoms with E-state index in [0.29, 0.717) is 23.0 Å². The van der Waals surface area contributed by atoms with Crippen LogP contribution < -0.4 is 0 Å². The first-order valence-electron chi connectivity index (χ1n) is 5.76. The zero-order valence-corrected chi connectivity index (χ0v) is 12.1. The van der Waals surface area contributed by atoms with E-state index >= 15 is 0 Å². The third-order valence-electron chi connectivity index (χ3n) is 3.09. The molecule has 0 aliphatic heterocycles. The van der Waals surface area contributed by atoms with Gasteiger partial charge in [0.15, 0.2) is 5.78 Å². The number of rotatable bonds is 5. The fourth-order valence-electron chi connectivity index (χ4n) is 1.83. The summed E-state index contributed by atoms with van der Waals surface area (Å²) in [6.07, 6.45) is 3.07. The molecule has 0 N–H and O–H groups in total. The van der Waals surface area contributed by atoms with Crippen molar-refractivity contribution in [2.45, 2.75) is 25.3 Å². The number of Topliss-reactive ketones (excluding diaryl/α,β-unsaturated/α-hetero) is 1. The number of hydrogen-bond donors (Lipinski definition) is 0. The number of halogens is 2. The lowest BCUT2D eigenvalue weighted by atomic mass is 10.1. The highest BCUT2D eigenvalue weighted by molar-refractivity contribution is 9.10. The molecule has 17 heavy (non-hydrogen) atoms. The van der Waals surface area contributed by atoms with E-state index in [1.165, 1.54) is 12.8 Å². The summed E-state index contributed by atoms with van der Waals surface area (Å²) in [6, 6.07) is 6.10. The highest BCUT2D eigenvalue weighted by Crippen LogP contribution is 2.26. The second kappa shape index (κ2) is 5.51. The molecule has 0 radical (unpaired) electrons. The number of carbonyl (C=O) groups excluding carboxylic acids is 1. The fraction of sp³-hybridized carbons (Fsp3) is 0.462. The maximum Gasteiger partial charge on any atom is 0.165 e. The minimum absolute atomic E-state index is 0.120. The first-order valence-corrected chi connectivity index (χ1v) is 6.93. The van der Waals surface area contributed by atoms with Crippen molar-refractivity contribution < 1.29 is 4.79 Å². The predicted molar refractivity (Wildman–Crippen MR) is 73.8 cm³/mol. The lowest BCUT2D eigenvalue weighted by Crippen LogP contribution is -2.24. The van der Waals surface area contributed by atoms with Crippen LogP contribution in [0.5, 0.6) is 0 Å². The molecule has 0 bridgehead atoms. The van der Waals surface area contributed by atoms with Crippen LogP contribution in [0.2, 0.25) is 5.02 Å². The third kappa shape index (κ3) is 3.54. The molecule has 1 aromatic rings. The molecule has 0 saturated heterocycles. The van der Waals surface area contributed by atoms with Crippen LogP contribution in [-0.4, -0.2) is 30.3 Å². The monoisotopic (exact) mass is 315 g/mol. The topological polar surface area (TPSA) is 20.3 Å². The molecular weight excluding hydrogens is 302 g/mol. The van der Waals surface area contributed by atoms with Crippen molar-refractivity contribution in [3.63, 3.8) is 0 Å². The zero-order chi connectivity index (χ0) is 12.4. The number of benzene rings is 1. The zero-order valence-electron chi connectivity index (χ0n) is 9.75. The van der Waals surface area contributed by atoms with Gasteiger partial charge in [-0.3, -0.25) is 4.79 Å². The van der Waals surface area contributed by atoms with Crippen LogP contribution in [0, 0.1) is 0 Å². The quantitative estimate of drug-likeness (QED) is 0.771. The number of ketones is 1. The van der Waals surface area contributed by atoms with Crippen LogP contribution in [0.25, 0.3) is 0 Å². The Hall–Kier alpha value is -0.380. The van der Waals surface area contributed by atoms with Gasteiger partial charge >= 0.3 is 0 Å². The maximum atomic E-state index is 12.0. The van der Waals surface area contributed by atoms with Gasteiger partial charge in [-0.05, 0) is 38.1 Å². The van der Waals surface area contributed by atoms with Gasteiger partial charge in [-0.1, -0.05) is 27.5 Å². The Bertz CT molecular complexity index is 431. The Balaban J connectivity index is 1.94. The molecule has 0 heterocycles. The Kier molecular flexibility index (Phi) is 4.23. The van der Waals surface area contributed by atoms with E-state index in [1.807, 2.05) is 6.07 Å². The Morgan fingerprint density at radius 2 is 2.24 bits per heavy atom. The van der Waals surface area contributed by atoms with Crippen LogP contribution in [0.15, 0.2) is 22.7 Å². The molecule has 2 rings (SSSR count). The normalized spacial score (nSPS) is 15.3. The molecule has 0 amide bonds. The summed E-state index contributed by atoms with van der Waals surface area (Å²) < 4.78 is 0.897. The van der Waals surface area contributed by atoms with E-state index in [1.54, 1.807) is 12.1 Å². The number of carbonyl (C=O) groups is 1. The third-order valence-corrected chi connectivity index (χ3v) is 3.90. The van der Waals surface area contributed by atoms with Gasteiger partial charge in [0.25, 0.3) is 0 Å². The van der Waals surface area contributed by atoms with Crippen molar-refractivity contribution in [3.8, 4) is 0 Å². The molecule has 0 unspecified atom stereocenters. The van der Waals surface area contributed by atoms with Gasteiger partial charge in [-0.25, -0.2) is 0 Å². The Morgan fingerprint density at radius 1 is 1.53 bits per heavy atom. The van der Waals surface area contributed by atoms with Crippen LogP contribution in [-0.2, 0) is 0 Å². The Morgan fingerprint density at radius 3 is 2.82 bits per heavy atom. The van der Waals surface area contributed by atoms with Gasteiger partial charge in [0.05, 0.1) is 5.02 Å². The predicted octanol–water partition coefficient (Wildman–Crippen LogP) is 3.77. The molecule has 0 spiro atoms. The van der Waals surface area contributed by atoms with Crippen molar-refractivity contribution in [2.75, 3.05) is 13.6 Å². The van der Waals surface area contributed by atoms with E-state index in [9.17, 15) is 4.79 Å². The molecule has 92 valence electrons. The molecule has 1 aliphatic rings. The second-order valence-corrected chi connectivity index (χ2v) is 5.83. The summed E-state index contributed by atoms with van der Waals surface area (Å²) in [5.41, 5.74) is 0.624. The summed E-state index contributed by atoms with van der Waals surface area (Å²) >= 11 is 9.38. The van der Waals surface area contributed by atoms with Crippen molar-refractivity contribution in [3.05, 3.63) is 33.3 Å². The van der Waals surface area contributed by atoms with Crippen LogP contribution in [0.3, 0.4) is 0 Å². The van der Waals surface area contributed by atoms with Gasteiger partial charge < -0.3 is 4.90 Å². The number of hydrogen-bond acceptors (Lipinski definition) is 2. The van der Waals surface area contributed by atoms with E-state index in [0.717, 1.165) is 11.0 Å². The molecule has 0 atom stereocenters. The second-order valence-electron chi connectivity index (χ2n) is 4.51. The molecule has 1 aromatic carbocycles. The van der Waals surface area contributed by atoms with Crippen molar-refractivity contribution >= 4 is 33.3 Å². The van der Waals surface area contributed by atoms with Crippen LogP contribution in [0.1, 0.15) is 29.6 Å². The van der Waals surface area contributed by atoms with Crippen molar-refractivity contribution in [1.82, 2.24) is 4.90 Å². The van der Waals surface area contributed by atoms with Gasteiger partial charge in [-0.2, -0.15) is 0 Å². The summed E-state index contributed by atoms with van der Waals surface area (Å²) in [5.74, 6) is 0.120. The minimum Gasteiger partial charge on any atom is -0.303 e. The Labute approximate surface area is 115 Å². The lowest BCUT2D eigenvalue weighted by molar-refractivity contribution is 0.0968. The van der Waals surface area contributed by atoms with E-state index < -0.39 is 0 Å². The van der Waals surface area contributed by atoms with Crippen LogP contribution >= 0.6 is 27.5 Å². The van der Waals surface area contributed by atoms with Gasteiger partial charge in [0.1, 0.15) is 0 Å². The van der Waals surface area contributed by atoms with Crippen molar-refractivity contribution in [1.29, 1.82) is 0 Å². The summed E-state index contributed by atoms with van der Waals surface area (Å²) in [4.78, 5) is 14.3. The van der Waals surface area contributed by atoms with Gasteiger partial charge in [0, 0.05) is 29.0 Å². The first-order chi connectivity index (χ1) is 8.08. The standard InChI is InChI=1S/C13H15BrClNO/c1-16(10-3-4-10)7-6-13(17)11-5-2-9(14)8-12(11)15/h2,5,8,10H,3-4,6-7H2,1H3. The van der Waals surface area contributed by atoms with Crippen LogP contribution in [0.4, 0.5) is 0 Å². The molecule has 4 heteroatoms. The molecule has 1 saturated carbocycles. The SMILES string of the molecule is CN(CCC(=O)c1ccc(Br)cc1Cl)C1CC1. The van der Waals surface area contributed by atoms with E-state index in [2.05, 4.69) is 27.9 Å². The average molecular weight is 317 g/mol. The van der Waals surface area contributed by atoms with E-state index in [4.69, 9.17) is 11.6 Å². The first kappa shape index (κ1) is 13.1. The molecule has 0 aromatic heterocycles. The highest BCUT2D eigenvalue weighted by Gasteiger charge is 2.26. The summed E-state index contributed by atoms with van der Waals surface area (Å²) in [5, 5.41) is 0.526. The van der Waals surface area contributed by atoms with Gasteiger partial charge in [0.2, 0.25) is 0 Å². The summed E-state index contributed by atoms with van der Waals surface area (Å²) in [7, 11) is 2.08. The average Bonchev–Trinajstić information content (AvgIpc) is 3.09. The minimum atomic E-state index is 0.120. The fourth-order valence-corrected chi connectivity index (χ4v) is 2.60. The highest BCUT2D eigenvalue weighted by atomic mass is 79.9. The van der Waals surface area contributed by atoms with E-state index in [-0.39, 0.29) is 5.78 Å². The van der Waals surface area contributed by atoms with Crippen molar-refractivity contribution in [2.24, 2.45) is 0 Å². The molecule has 1 fully saturated rings. The lowest BCUT2D eigenvalue weighted by Gasteiger charge is -2.14. The molecular formula is C13H15BrClNO. The largest absolute Gasteiger partial charge is 0.303 e. The number of nitrogens with zero attached hydrogens (tertiary/aromatic N) is 1. The smallest absolute Gasteiger partial charge is 0.165 e.